The lowest BCUT2D eigenvalue weighted by molar-refractivity contribution is 0.0168. The third-order valence-electron chi connectivity index (χ3n) is 6.66. The molecule has 1 fully saturated rings. The molecule has 0 spiro atoms. The summed E-state index contributed by atoms with van der Waals surface area (Å²) >= 11 is 0. The highest BCUT2D eigenvalue weighted by Gasteiger charge is 2.41. The van der Waals surface area contributed by atoms with Gasteiger partial charge in [-0.15, -0.1) is 0 Å². The van der Waals surface area contributed by atoms with Crippen LogP contribution in [0.4, 0.5) is 5.82 Å². The molecule has 2 aliphatic heterocycles. The topological polar surface area (TPSA) is 98.0 Å². The molecular formula is C23H37N7O2. The molecule has 32 heavy (non-hydrogen) atoms. The van der Waals surface area contributed by atoms with Crippen LogP contribution in [-0.2, 0) is 4.74 Å². The summed E-state index contributed by atoms with van der Waals surface area (Å²) < 4.78 is 12.9. The summed E-state index contributed by atoms with van der Waals surface area (Å²) in [7, 11) is 1.68. The molecule has 3 unspecified atom stereocenters. The molecule has 4 N–H and O–H groups in total. The van der Waals surface area contributed by atoms with Crippen LogP contribution in [0.3, 0.4) is 0 Å². The van der Waals surface area contributed by atoms with E-state index < -0.39 is 6.29 Å². The lowest BCUT2D eigenvalue weighted by Gasteiger charge is -2.49. The van der Waals surface area contributed by atoms with Gasteiger partial charge in [0.1, 0.15) is 17.9 Å². The number of benzene rings is 1. The van der Waals surface area contributed by atoms with Crippen molar-refractivity contribution in [1.82, 2.24) is 19.6 Å². The highest BCUT2D eigenvalue weighted by Crippen LogP contribution is 2.39. The van der Waals surface area contributed by atoms with Crippen LogP contribution < -0.4 is 21.1 Å². The van der Waals surface area contributed by atoms with Gasteiger partial charge in [0.25, 0.3) is 0 Å². The molecule has 9 heteroatoms. The Morgan fingerprint density at radius 2 is 1.88 bits per heavy atom. The first-order valence-corrected chi connectivity index (χ1v) is 11.5. The lowest BCUT2D eigenvalue weighted by Crippen LogP contribution is -2.64. The van der Waals surface area contributed by atoms with Crippen molar-refractivity contribution in [3.63, 3.8) is 0 Å². The summed E-state index contributed by atoms with van der Waals surface area (Å²) in [5.41, 5.74) is 16.0. The van der Waals surface area contributed by atoms with Gasteiger partial charge >= 0.3 is 0 Å². The minimum absolute atomic E-state index is 0.0270. The van der Waals surface area contributed by atoms with E-state index >= 15 is 0 Å². The molecule has 0 amide bonds. The van der Waals surface area contributed by atoms with Gasteiger partial charge in [-0.2, -0.15) is 5.10 Å². The van der Waals surface area contributed by atoms with E-state index in [2.05, 4.69) is 41.5 Å². The SMILES string of the molecule is COc1cccc(C(C)N2C(N)N(CCN3CCOCC3)c3c(C(C)C)cnn3C2N)c1. The number of hydrogen-bond donors (Lipinski definition) is 2. The predicted molar refractivity (Wildman–Crippen MR) is 125 cm³/mol. The third-order valence-corrected chi connectivity index (χ3v) is 6.66. The lowest BCUT2D eigenvalue weighted by atomic mass is 10.0. The van der Waals surface area contributed by atoms with E-state index in [4.69, 9.17) is 26.0 Å². The molecule has 3 atom stereocenters. The number of fused-ring (bicyclic) bond motifs is 1. The molecule has 1 aromatic heterocycles. The molecule has 2 aromatic rings. The number of rotatable bonds is 7. The van der Waals surface area contributed by atoms with E-state index in [-0.39, 0.29) is 12.3 Å². The molecule has 4 rings (SSSR count). The fourth-order valence-electron chi connectivity index (χ4n) is 4.68. The minimum atomic E-state index is -0.465. The summed E-state index contributed by atoms with van der Waals surface area (Å²) in [5, 5.41) is 4.69. The maximum Gasteiger partial charge on any atom is 0.160 e. The molecule has 0 radical (unpaired) electrons. The van der Waals surface area contributed by atoms with Crippen LogP contribution in [0.2, 0.25) is 0 Å². The van der Waals surface area contributed by atoms with E-state index in [0.29, 0.717) is 5.92 Å². The Kier molecular flexibility index (Phi) is 7.02. The van der Waals surface area contributed by atoms with E-state index in [1.54, 1.807) is 7.11 Å². The largest absolute Gasteiger partial charge is 0.497 e. The third kappa shape index (κ3) is 4.35. The molecule has 2 aliphatic rings. The second-order valence-electron chi connectivity index (χ2n) is 8.90. The number of ether oxygens (including phenoxy) is 2. The van der Waals surface area contributed by atoms with E-state index in [1.807, 2.05) is 29.1 Å². The van der Waals surface area contributed by atoms with Crippen molar-refractivity contribution in [2.24, 2.45) is 11.5 Å². The Labute approximate surface area is 190 Å². The molecule has 0 saturated carbocycles. The second-order valence-corrected chi connectivity index (χ2v) is 8.90. The minimum Gasteiger partial charge on any atom is -0.497 e. The Hall–Kier alpha value is -2.17. The van der Waals surface area contributed by atoms with Crippen LogP contribution in [0.1, 0.15) is 50.1 Å². The van der Waals surface area contributed by atoms with Crippen molar-refractivity contribution in [2.45, 2.75) is 45.3 Å². The zero-order chi connectivity index (χ0) is 22.8. The Morgan fingerprint density at radius 1 is 1.12 bits per heavy atom. The van der Waals surface area contributed by atoms with Crippen molar-refractivity contribution in [3.8, 4) is 5.75 Å². The standard InChI is InChI=1S/C23H37N7O2/c1-16(2)20-15-26-30-21(20)28(9-8-27-10-12-32-13-11-27)22(24)29(23(30)25)17(3)18-6-5-7-19(14-18)31-4/h5-7,14-17,22-23H,8-13,24-25H2,1-4H3. The van der Waals surface area contributed by atoms with Crippen molar-refractivity contribution in [1.29, 1.82) is 0 Å². The van der Waals surface area contributed by atoms with E-state index in [1.165, 1.54) is 5.56 Å². The van der Waals surface area contributed by atoms with Crippen molar-refractivity contribution in [3.05, 3.63) is 41.6 Å². The summed E-state index contributed by atoms with van der Waals surface area (Å²) in [5.74, 6) is 2.17. The van der Waals surface area contributed by atoms with Gasteiger partial charge in [0.05, 0.1) is 26.5 Å². The monoisotopic (exact) mass is 443 g/mol. The molecule has 0 aliphatic carbocycles. The van der Waals surface area contributed by atoms with E-state index in [9.17, 15) is 0 Å². The number of morpholine rings is 1. The van der Waals surface area contributed by atoms with Gasteiger partial charge in [0.15, 0.2) is 6.29 Å². The number of nitrogens with zero attached hydrogens (tertiary/aromatic N) is 5. The quantitative estimate of drug-likeness (QED) is 0.670. The number of anilines is 1. The van der Waals surface area contributed by atoms with Gasteiger partial charge < -0.3 is 14.4 Å². The van der Waals surface area contributed by atoms with Crippen molar-refractivity contribution < 1.29 is 9.47 Å². The highest BCUT2D eigenvalue weighted by atomic mass is 16.5. The van der Waals surface area contributed by atoms with E-state index in [0.717, 1.165) is 56.5 Å². The molecule has 9 nitrogen and oxygen atoms in total. The molecule has 1 saturated heterocycles. The van der Waals surface area contributed by atoms with Crippen molar-refractivity contribution >= 4 is 5.82 Å². The fourth-order valence-corrected chi connectivity index (χ4v) is 4.68. The normalized spacial score (nSPS) is 23.4. The van der Waals surface area contributed by atoms with Gasteiger partial charge in [-0.1, -0.05) is 26.0 Å². The Morgan fingerprint density at radius 3 is 2.56 bits per heavy atom. The van der Waals surface area contributed by atoms with Crippen LogP contribution in [0.25, 0.3) is 0 Å². The number of aromatic nitrogens is 2. The summed E-state index contributed by atoms with van der Waals surface area (Å²) in [6.07, 6.45) is 1.09. The average Bonchev–Trinajstić information content (AvgIpc) is 3.25. The number of nitrogens with two attached hydrogens (primary N) is 2. The predicted octanol–water partition coefficient (Wildman–Crippen LogP) is 1.89. The zero-order valence-electron chi connectivity index (χ0n) is 19.6. The first kappa shape index (κ1) is 23.0. The number of hydrogen-bond acceptors (Lipinski definition) is 8. The fraction of sp³-hybridized carbons (Fsp3) is 0.609. The van der Waals surface area contributed by atoms with Gasteiger partial charge in [0, 0.05) is 37.8 Å². The molecular weight excluding hydrogens is 406 g/mol. The Balaban J connectivity index is 1.66. The molecule has 1 aromatic carbocycles. The van der Waals surface area contributed by atoms with Crippen LogP contribution in [-0.4, -0.2) is 72.4 Å². The smallest absolute Gasteiger partial charge is 0.160 e. The van der Waals surface area contributed by atoms with Crippen LogP contribution in [0, 0.1) is 0 Å². The number of methoxy groups -OCH3 is 1. The van der Waals surface area contributed by atoms with Gasteiger partial charge in [-0.25, -0.2) is 9.58 Å². The maximum absolute atomic E-state index is 6.94. The van der Waals surface area contributed by atoms with Gasteiger partial charge in [-0.05, 0) is 30.5 Å². The molecule has 0 bridgehead atoms. The first-order chi connectivity index (χ1) is 15.4. The first-order valence-electron chi connectivity index (χ1n) is 11.5. The Bertz CT molecular complexity index is 896. The highest BCUT2D eigenvalue weighted by molar-refractivity contribution is 5.51. The zero-order valence-corrected chi connectivity index (χ0v) is 19.6. The van der Waals surface area contributed by atoms with Crippen LogP contribution >= 0.6 is 0 Å². The van der Waals surface area contributed by atoms with Crippen LogP contribution in [0.5, 0.6) is 5.75 Å². The summed E-state index contributed by atoms with van der Waals surface area (Å²) in [6.45, 7) is 11.7. The maximum atomic E-state index is 6.94. The van der Waals surface area contributed by atoms with Crippen LogP contribution in [0.15, 0.2) is 30.5 Å². The van der Waals surface area contributed by atoms with Gasteiger partial charge in [-0.3, -0.25) is 16.4 Å². The second kappa shape index (κ2) is 9.76. The molecule has 3 heterocycles. The average molecular weight is 444 g/mol. The summed E-state index contributed by atoms with van der Waals surface area (Å²) in [4.78, 5) is 6.81. The van der Waals surface area contributed by atoms with Crippen molar-refractivity contribution in [2.75, 3.05) is 51.4 Å². The molecule has 176 valence electrons. The van der Waals surface area contributed by atoms with Gasteiger partial charge in [0.2, 0.25) is 0 Å². The summed E-state index contributed by atoms with van der Waals surface area (Å²) in [6, 6.07) is 8.05.